The van der Waals surface area contributed by atoms with Crippen LogP contribution in [0.5, 0.6) is 0 Å². The molecule has 2 N–H and O–H groups in total. The van der Waals surface area contributed by atoms with Crippen molar-refractivity contribution in [1.82, 2.24) is 5.32 Å². The second-order valence-electron chi connectivity index (χ2n) is 7.73. The van der Waals surface area contributed by atoms with Crippen LogP contribution in [-0.4, -0.2) is 29.6 Å². The number of carbonyl (C=O) groups is 2. The molecule has 0 spiro atoms. The van der Waals surface area contributed by atoms with Crippen LogP contribution in [0.25, 0.3) is 0 Å². The van der Waals surface area contributed by atoms with Crippen molar-refractivity contribution in [2.75, 3.05) is 6.54 Å². The Labute approximate surface area is 194 Å². The van der Waals surface area contributed by atoms with E-state index in [0.29, 0.717) is 6.54 Å². The standard InChI is InChI=1S/C22H43NO4.Na/c1-2-3-4-5-6-7-8-9-10-11-12-13-14-15-16-17-18-23-20(22(26)27)19-21(24)25;/h20,23H,2-19H2,1H3,(H,24,25)(H,26,27);/q;+1/p-1/t20-;/m0./s1. The van der Waals surface area contributed by atoms with Gasteiger partial charge in [0, 0.05) is 0 Å². The third-order valence-corrected chi connectivity index (χ3v) is 5.08. The predicted octanol–water partition coefficient (Wildman–Crippen LogP) is 1.43. The molecule has 0 aromatic rings. The summed E-state index contributed by atoms with van der Waals surface area (Å²) in [5.74, 6) is -2.46. The van der Waals surface area contributed by atoms with Gasteiger partial charge in [0.1, 0.15) is 0 Å². The number of hydrogen-bond acceptors (Lipinski definition) is 4. The zero-order valence-electron chi connectivity index (χ0n) is 18.5. The van der Waals surface area contributed by atoms with Gasteiger partial charge in [0.25, 0.3) is 0 Å². The van der Waals surface area contributed by atoms with Gasteiger partial charge in [-0.25, -0.2) is 0 Å². The van der Waals surface area contributed by atoms with Gasteiger partial charge in [-0.05, 0) is 13.0 Å². The monoisotopic (exact) mass is 407 g/mol. The fraction of sp³-hybridized carbons (Fsp3) is 0.909. The average Bonchev–Trinajstić information content (AvgIpc) is 2.62. The van der Waals surface area contributed by atoms with E-state index in [1.807, 2.05) is 0 Å². The molecule has 5 nitrogen and oxygen atoms in total. The Bertz CT molecular complexity index is 366. The number of hydrogen-bond donors (Lipinski definition) is 2. The number of unbranched alkanes of at least 4 members (excludes halogenated alkanes) is 15. The van der Waals surface area contributed by atoms with E-state index in [2.05, 4.69) is 12.2 Å². The van der Waals surface area contributed by atoms with Crippen LogP contribution in [0.1, 0.15) is 116 Å². The van der Waals surface area contributed by atoms with Gasteiger partial charge in [-0.2, -0.15) is 0 Å². The first-order chi connectivity index (χ1) is 13.1. The van der Waals surface area contributed by atoms with Crippen LogP contribution in [0.4, 0.5) is 0 Å². The van der Waals surface area contributed by atoms with Gasteiger partial charge in [0.15, 0.2) is 0 Å². The number of carboxylic acid groups (broad SMARTS) is 2. The fourth-order valence-electron chi connectivity index (χ4n) is 3.36. The molecule has 0 aromatic heterocycles. The molecule has 0 heterocycles. The second-order valence-corrected chi connectivity index (χ2v) is 7.73. The molecule has 28 heavy (non-hydrogen) atoms. The van der Waals surface area contributed by atoms with Crippen molar-refractivity contribution in [3.8, 4) is 0 Å². The molecule has 0 bridgehead atoms. The molecule has 160 valence electrons. The van der Waals surface area contributed by atoms with Gasteiger partial charge in [-0.15, -0.1) is 0 Å². The van der Waals surface area contributed by atoms with Crippen LogP contribution < -0.4 is 40.0 Å². The number of rotatable bonds is 21. The molecule has 0 aliphatic carbocycles. The summed E-state index contributed by atoms with van der Waals surface area (Å²) < 4.78 is 0. The van der Waals surface area contributed by atoms with Gasteiger partial charge in [0.2, 0.25) is 0 Å². The summed E-state index contributed by atoms with van der Waals surface area (Å²) >= 11 is 0. The first-order valence-electron chi connectivity index (χ1n) is 11.2. The van der Waals surface area contributed by atoms with Crippen molar-refractivity contribution in [3.63, 3.8) is 0 Å². The maximum atomic E-state index is 10.8. The second kappa shape index (κ2) is 23.2. The van der Waals surface area contributed by atoms with E-state index in [-0.39, 0.29) is 29.6 Å². The van der Waals surface area contributed by atoms with Crippen molar-refractivity contribution in [3.05, 3.63) is 0 Å². The maximum Gasteiger partial charge on any atom is 1.00 e. The van der Waals surface area contributed by atoms with Crippen molar-refractivity contribution in [2.45, 2.75) is 122 Å². The molecular weight excluding hydrogens is 365 g/mol. The Morgan fingerprint density at radius 2 is 1.11 bits per heavy atom. The Balaban J connectivity index is 0. The molecule has 0 rings (SSSR count). The van der Waals surface area contributed by atoms with Crippen LogP contribution in [0.15, 0.2) is 0 Å². The Morgan fingerprint density at radius 1 is 0.750 bits per heavy atom. The number of carboxylic acids is 2. The quantitative estimate of drug-likeness (QED) is 0.222. The van der Waals surface area contributed by atoms with E-state index >= 15 is 0 Å². The van der Waals surface area contributed by atoms with Crippen molar-refractivity contribution in [1.29, 1.82) is 0 Å². The molecule has 0 saturated carbocycles. The summed E-state index contributed by atoms with van der Waals surface area (Å²) in [6.07, 6.45) is 20.3. The average molecular weight is 408 g/mol. The summed E-state index contributed by atoms with van der Waals surface area (Å²) in [6, 6.07) is -1.08. The van der Waals surface area contributed by atoms with Crippen LogP contribution in [0.2, 0.25) is 0 Å². The van der Waals surface area contributed by atoms with E-state index in [1.54, 1.807) is 0 Å². The van der Waals surface area contributed by atoms with Crippen molar-refractivity contribution in [2.24, 2.45) is 0 Å². The molecule has 0 aromatic carbocycles. The van der Waals surface area contributed by atoms with E-state index in [1.165, 1.54) is 83.5 Å². The zero-order chi connectivity index (χ0) is 20.2. The molecule has 6 heteroatoms. The molecule has 1 atom stereocenters. The predicted molar refractivity (Wildman–Crippen MR) is 109 cm³/mol. The molecule has 0 aliphatic rings. The van der Waals surface area contributed by atoms with E-state index in [4.69, 9.17) is 5.11 Å². The topological polar surface area (TPSA) is 89.5 Å². The first kappa shape index (κ1) is 30.1. The minimum Gasteiger partial charge on any atom is -0.548 e. The summed E-state index contributed by atoms with van der Waals surface area (Å²) in [5.41, 5.74) is 0. The summed E-state index contributed by atoms with van der Waals surface area (Å²) in [7, 11) is 0. The largest absolute Gasteiger partial charge is 1.00 e. The fourth-order valence-corrected chi connectivity index (χ4v) is 3.36. The van der Waals surface area contributed by atoms with E-state index < -0.39 is 24.4 Å². The van der Waals surface area contributed by atoms with Crippen molar-refractivity contribution >= 4 is 11.9 Å². The van der Waals surface area contributed by atoms with E-state index in [0.717, 1.165) is 19.3 Å². The Hall–Kier alpha value is -0.100. The molecular formula is C22H42NNaO4. The summed E-state index contributed by atoms with van der Waals surface area (Å²) in [5, 5.41) is 22.2. The summed E-state index contributed by atoms with van der Waals surface area (Å²) in [6.45, 7) is 2.79. The van der Waals surface area contributed by atoms with Crippen molar-refractivity contribution < 1.29 is 49.4 Å². The third kappa shape index (κ3) is 22.2. The van der Waals surface area contributed by atoms with Gasteiger partial charge in [-0.3, -0.25) is 4.79 Å². The number of aliphatic carboxylic acids is 2. The minimum absolute atomic E-state index is 0. The number of nitrogens with one attached hydrogen (secondary N) is 1. The van der Waals surface area contributed by atoms with Gasteiger partial charge in [0.05, 0.1) is 18.4 Å². The first-order valence-corrected chi connectivity index (χ1v) is 11.2. The van der Waals surface area contributed by atoms with Crippen LogP contribution in [0.3, 0.4) is 0 Å². The van der Waals surface area contributed by atoms with Gasteiger partial charge in [-0.1, -0.05) is 103 Å². The third-order valence-electron chi connectivity index (χ3n) is 5.08. The molecule has 0 radical (unpaired) electrons. The Morgan fingerprint density at radius 3 is 1.43 bits per heavy atom. The molecule has 0 fully saturated rings. The molecule has 0 saturated heterocycles. The maximum absolute atomic E-state index is 10.8. The number of carbonyl (C=O) groups excluding carboxylic acids is 1. The van der Waals surface area contributed by atoms with Gasteiger partial charge < -0.3 is 20.3 Å². The normalized spacial score (nSPS) is 11.8. The molecule has 0 unspecified atom stereocenters. The SMILES string of the molecule is CCCCCCCCCCCCCCCCCCN[C@@H](CC(=O)O)C(=O)[O-].[Na+]. The smallest absolute Gasteiger partial charge is 0.548 e. The van der Waals surface area contributed by atoms with Crippen LogP contribution >= 0.6 is 0 Å². The van der Waals surface area contributed by atoms with Gasteiger partial charge >= 0.3 is 35.5 Å². The molecule has 0 amide bonds. The Kier molecular flexibility index (Phi) is 24.9. The minimum atomic E-state index is -1.34. The van der Waals surface area contributed by atoms with Crippen LogP contribution in [-0.2, 0) is 9.59 Å². The summed E-state index contributed by atoms with van der Waals surface area (Å²) in [4.78, 5) is 21.4. The van der Waals surface area contributed by atoms with Crippen LogP contribution in [0, 0.1) is 0 Å². The molecule has 0 aliphatic heterocycles. The van der Waals surface area contributed by atoms with E-state index in [9.17, 15) is 14.7 Å². The zero-order valence-corrected chi connectivity index (χ0v) is 20.5.